The second-order valence-electron chi connectivity index (χ2n) is 10.1. The zero-order chi connectivity index (χ0) is 25.9. The van der Waals surface area contributed by atoms with Gasteiger partial charge in [-0.15, -0.1) is 0 Å². The molecular weight excluding hydrogens is 480 g/mol. The van der Waals surface area contributed by atoms with Gasteiger partial charge in [0.2, 0.25) is 15.9 Å². The molecule has 2 heterocycles. The van der Waals surface area contributed by atoms with Gasteiger partial charge < -0.3 is 15.4 Å². The summed E-state index contributed by atoms with van der Waals surface area (Å²) in [6.45, 7) is 6.38. The molecule has 1 saturated carbocycles. The number of nitrogens with one attached hydrogen (secondary N) is 2. The van der Waals surface area contributed by atoms with Crippen molar-refractivity contribution in [2.75, 3.05) is 25.0 Å². The second kappa shape index (κ2) is 10.7. The summed E-state index contributed by atoms with van der Waals surface area (Å²) < 4.78 is 33.2. The summed E-state index contributed by atoms with van der Waals surface area (Å²) in [5.41, 5.74) is 0.314. The third-order valence-electron chi connectivity index (χ3n) is 7.36. The zero-order valence-electron chi connectivity index (χ0n) is 21.2. The SMILES string of the molecule is CCOc1cc(NC(C)=O)ccc1/C=C/S(=O)(=O)N1CCC2(CC1)N=C(C1CCC(C)CC1)NC2=O. The van der Waals surface area contributed by atoms with Crippen LogP contribution in [-0.4, -0.2) is 55.6 Å². The second-order valence-corrected chi connectivity index (χ2v) is 11.9. The van der Waals surface area contributed by atoms with Gasteiger partial charge in [-0.25, -0.2) is 8.42 Å². The summed E-state index contributed by atoms with van der Waals surface area (Å²) in [5.74, 6) is 2.00. The van der Waals surface area contributed by atoms with E-state index in [2.05, 4.69) is 17.6 Å². The predicted molar refractivity (Wildman–Crippen MR) is 140 cm³/mol. The van der Waals surface area contributed by atoms with Gasteiger partial charge in [-0.3, -0.25) is 14.6 Å². The van der Waals surface area contributed by atoms with Crippen LogP contribution in [0.5, 0.6) is 5.75 Å². The molecule has 2 amide bonds. The van der Waals surface area contributed by atoms with Crippen molar-refractivity contribution in [1.29, 1.82) is 0 Å². The Bertz CT molecular complexity index is 1160. The zero-order valence-corrected chi connectivity index (χ0v) is 22.1. The molecule has 0 atom stereocenters. The third kappa shape index (κ3) is 5.81. The Kier molecular flexibility index (Phi) is 7.85. The Labute approximate surface area is 213 Å². The van der Waals surface area contributed by atoms with E-state index in [1.54, 1.807) is 18.2 Å². The number of piperidine rings is 1. The van der Waals surface area contributed by atoms with Gasteiger partial charge in [0, 0.05) is 48.7 Å². The summed E-state index contributed by atoms with van der Waals surface area (Å²) >= 11 is 0. The van der Waals surface area contributed by atoms with Gasteiger partial charge in [-0.2, -0.15) is 4.31 Å². The van der Waals surface area contributed by atoms with Crippen LogP contribution in [0.2, 0.25) is 0 Å². The fraction of sp³-hybridized carbons (Fsp3) is 0.577. The van der Waals surface area contributed by atoms with Gasteiger partial charge in [-0.1, -0.05) is 19.8 Å². The van der Waals surface area contributed by atoms with Crippen molar-refractivity contribution in [1.82, 2.24) is 9.62 Å². The largest absolute Gasteiger partial charge is 0.493 e. The third-order valence-corrected chi connectivity index (χ3v) is 8.93. The van der Waals surface area contributed by atoms with Gasteiger partial charge in [0.1, 0.15) is 17.1 Å². The van der Waals surface area contributed by atoms with Crippen LogP contribution in [0.25, 0.3) is 6.08 Å². The number of amidine groups is 1. The molecule has 1 saturated heterocycles. The van der Waals surface area contributed by atoms with Crippen molar-refractivity contribution in [3.63, 3.8) is 0 Å². The molecule has 9 nitrogen and oxygen atoms in total. The van der Waals surface area contributed by atoms with Crippen LogP contribution in [-0.2, 0) is 19.6 Å². The molecule has 196 valence electrons. The molecule has 2 fully saturated rings. The van der Waals surface area contributed by atoms with Crippen LogP contribution in [0, 0.1) is 11.8 Å². The number of ether oxygens (including phenoxy) is 1. The highest BCUT2D eigenvalue weighted by atomic mass is 32.2. The minimum Gasteiger partial charge on any atom is -0.493 e. The van der Waals surface area contributed by atoms with E-state index in [-0.39, 0.29) is 24.9 Å². The molecule has 0 aromatic heterocycles. The molecule has 0 unspecified atom stereocenters. The number of benzene rings is 1. The van der Waals surface area contributed by atoms with Crippen molar-refractivity contribution in [3.05, 3.63) is 29.2 Å². The van der Waals surface area contributed by atoms with Crippen LogP contribution < -0.4 is 15.4 Å². The van der Waals surface area contributed by atoms with E-state index >= 15 is 0 Å². The average molecular weight is 517 g/mol. The number of nitrogens with zero attached hydrogens (tertiary/aromatic N) is 2. The summed E-state index contributed by atoms with van der Waals surface area (Å²) in [6.07, 6.45) is 6.61. The number of rotatable bonds is 7. The van der Waals surface area contributed by atoms with E-state index < -0.39 is 15.6 Å². The smallest absolute Gasteiger partial charge is 0.253 e. The lowest BCUT2D eigenvalue weighted by Gasteiger charge is -2.34. The van der Waals surface area contributed by atoms with Crippen molar-refractivity contribution >= 4 is 39.4 Å². The highest BCUT2D eigenvalue weighted by Crippen LogP contribution is 2.36. The van der Waals surface area contributed by atoms with Crippen LogP contribution in [0.3, 0.4) is 0 Å². The highest BCUT2D eigenvalue weighted by molar-refractivity contribution is 7.92. The molecule has 10 heteroatoms. The van der Waals surface area contributed by atoms with Crippen LogP contribution in [0.1, 0.15) is 64.9 Å². The average Bonchev–Trinajstić information content (AvgIpc) is 3.14. The summed E-state index contributed by atoms with van der Waals surface area (Å²) in [6, 6.07) is 5.07. The molecule has 3 aliphatic rings. The molecule has 1 spiro atoms. The van der Waals surface area contributed by atoms with Gasteiger partial charge in [0.25, 0.3) is 5.91 Å². The number of anilines is 1. The van der Waals surface area contributed by atoms with Gasteiger partial charge in [0.15, 0.2) is 0 Å². The van der Waals surface area contributed by atoms with Crippen molar-refractivity contribution in [3.8, 4) is 5.75 Å². The molecule has 0 bridgehead atoms. The Morgan fingerprint density at radius 3 is 2.58 bits per heavy atom. The maximum absolute atomic E-state index is 13.1. The molecule has 1 aromatic carbocycles. The molecule has 4 rings (SSSR count). The molecule has 2 aliphatic heterocycles. The van der Waals surface area contributed by atoms with E-state index in [4.69, 9.17) is 9.73 Å². The first-order chi connectivity index (χ1) is 17.1. The minimum atomic E-state index is -3.70. The van der Waals surface area contributed by atoms with Gasteiger partial charge in [0.05, 0.1) is 6.61 Å². The molecular formula is C26H36N4O5S. The summed E-state index contributed by atoms with van der Waals surface area (Å²) in [7, 11) is -3.70. The van der Waals surface area contributed by atoms with E-state index in [1.165, 1.54) is 22.7 Å². The topological polar surface area (TPSA) is 117 Å². The number of amides is 2. The molecule has 0 radical (unpaired) electrons. The van der Waals surface area contributed by atoms with E-state index in [9.17, 15) is 18.0 Å². The van der Waals surface area contributed by atoms with Crippen LogP contribution in [0.15, 0.2) is 28.6 Å². The molecule has 1 aromatic rings. The van der Waals surface area contributed by atoms with E-state index in [0.717, 1.165) is 31.5 Å². The number of aliphatic imine (C=N–C) groups is 1. The first-order valence-electron chi connectivity index (χ1n) is 12.8. The van der Waals surface area contributed by atoms with Gasteiger partial charge >= 0.3 is 0 Å². The van der Waals surface area contributed by atoms with E-state index in [1.807, 2.05) is 6.92 Å². The molecule has 2 N–H and O–H groups in total. The minimum absolute atomic E-state index is 0.0932. The normalized spacial score (nSPS) is 24.5. The summed E-state index contributed by atoms with van der Waals surface area (Å²) in [4.78, 5) is 29.1. The Hall–Kier alpha value is -2.72. The maximum Gasteiger partial charge on any atom is 0.253 e. The highest BCUT2D eigenvalue weighted by Gasteiger charge is 2.48. The van der Waals surface area contributed by atoms with Crippen molar-refractivity contribution in [2.45, 2.75) is 64.8 Å². The number of hydrogen-bond donors (Lipinski definition) is 2. The number of hydrogen-bond acceptors (Lipinski definition) is 6. The number of carbonyl (C=O) groups is 2. The lowest BCUT2D eigenvalue weighted by molar-refractivity contribution is -0.125. The molecule has 1 aliphatic carbocycles. The van der Waals surface area contributed by atoms with Crippen molar-refractivity contribution < 1.29 is 22.7 Å². The Balaban J connectivity index is 1.43. The quantitative estimate of drug-likeness (QED) is 0.575. The summed E-state index contributed by atoms with van der Waals surface area (Å²) in [5, 5.41) is 6.89. The standard InChI is InChI=1S/C26H36N4O5S/c1-4-35-23-17-22(27-19(3)31)10-9-20(23)11-16-36(33,34)30-14-12-26(13-15-30)25(32)28-24(29-26)21-7-5-18(2)6-8-21/h9-11,16-18,21H,4-8,12-15H2,1-3H3,(H,27,31)(H,28,29,32)/b16-11+. The van der Waals surface area contributed by atoms with Gasteiger partial charge in [-0.05, 0) is 56.7 Å². The predicted octanol–water partition coefficient (Wildman–Crippen LogP) is 3.53. The monoisotopic (exact) mass is 516 g/mol. The van der Waals surface area contributed by atoms with E-state index in [0.29, 0.717) is 48.3 Å². The van der Waals surface area contributed by atoms with Crippen molar-refractivity contribution in [2.24, 2.45) is 16.8 Å². The first-order valence-corrected chi connectivity index (χ1v) is 14.3. The molecule has 36 heavy (non-hydrogen) atoms. The fourth-order valence-electron chi connectivity index (χ4n) is 5.20. The fourth-order valence-corrected chi connectivity index (χ4v) is 6.38. The lowest BCUT2D eigenvalue weighted by Crippen LogP contribution is -2.50. The number of sulfonamides is 1. The first kappa shape index (κ1) is 26.3. The number of carbonyl (C=O) groups excluding carboxylic acids is 2. The Morgan fingerprint density at radius 2 is 1.94 bits per heavy atom. The lowest BCUT2D eigenvalue weighted by atomic mass is 9.82. The van der Waals surface area contributed by atoms with Crippen LogP contribution in [0.4, 0.5) is 5.69 Å². The maximum atomic E-state index is 13.1. The van der Waals surface area contributed by atoms with Crippen LogP contribution >= 0.6 is 0 Å². The Morgan fingerprint density at radius 1 is 1.25 bits per heavy atom.